The number of hydrogen-bond acceptors (Lipinski definition) is 6. The van der Waals surface area contributed by atoms with Gasteiger partial charge in [0, 0.05) is 6.54 Å². The highest BCUT2D eigenvalue weighted by atomic mass is 32.2. The average Bonchev–Trinajstić information content (AvgIpc) is 3.39. The number of carboxylic acids is 1. The second-order valence-corrected chi connectivity index (χ2v) is 9.24. The van der Waals surface area contributed by atoms with Gasteiger partial charge in [-0.2, -0.15) is 11.8 Å². The molecule has 0 aliphatic carbocycles. The van der Waals surface area contributed by atoms with E-state index in [4.69, 9.17) is 0 Å². The van der Waals surface area contributed by atoms with E-state index < -0.39 is 30.0 Å². The molecule has 30 heavy (non-hydrogen) atoms. The van der Waals surface area contributed by atoms with E-state index in [1.807, 2.05) is 6.26 Å². The summed E-state index contributed by atoms with van der Waals surface area (Å²) in [5, 5.41) is 17.9. The van der Waals surface area contributed by atoms with Crippen molar-refractivity contribution in [2.24, 2.45) is 5.92 Å². The predicted molar refractivity (Wildman–Crippen MR) is 115 cm³/mol. The van der Waals surface area contributed by atoms with E-state index in [2.05, 4.69) is 16.0 Å². The summed E-state index contributed by atoms with van der Waals surface area (Å²) in [5.74, 6) is -1.67. The van der Waals surface area contributed by atoms with Crippen LogP contribution < -0.4 is 16.0 Å². The van der Waals surface area contributed by atoms with E-state index in [0.29, 0.717) is 25.1 Å². The van der Waals surface area contributed by atoms with Crippen LogP contribution in [0.2, 0.25) is 0 Å². The van der Waals surface area contributed by atoms with Gasteiger partial charge < -0.3 is 26.0 Å². The van der Waals surface area contributed by atoms with Gasteiger partial charge in [0.05, 0.1) is 6.04 Å². The Morgan fingerprint density at radius 1 is 1.17 bits per heavy atom. The first kappa shape index (κ1) is 24.5. The second kappa shape index (κ2) is 11.5. The van der Waals surface area contributed by atoms with Crippen molar-refractivity contribution in [2.75, 3.05) is 25.1 Å². The summed E-state index contributed by atoms with van der Waals surface area (Å²) in [6.07, 6.45) is 5.30. The molecule has 2 fully saturated rings. The average molecular weight is 443 g/mol. The molecule has 9 nitrogen and oxygen atoms in total. The van der Waals surface area contributed by atoms with Gasteiger partial charge in [0.15, 0.2) is 0 Å². The van der Waals surface area contributed by atoms with E-state index in [0.717, 1.165) is 25.8 Å². The fourth-order valence-electron chi connectivity index (χ4n) is 3.94. The highest BCUT2D eigenvalue weighted by Gasteiger charge is 2.39. The van der Waals surface area contributed by atoms with Crippen LogP contribution in [0.1, 0.15) is 46.0 Å². The molecule has 0 bridgehead atoms. The Bertz CT molecular complexity index is 639. The van der Waals surface area contributed by atoms with Crippen LogP contribution >= 0.6 is 11.8 Å². The number of nitrogens with zero attached hydrogens (tertiary/aromatic N) is 1. The number of hydrogen-bond donors (Lipinski definition) is 4. The Morgan fingerprint density at radius 3 is 2.47 bits per heavy atom. The Kier molecular flexibility index (Phi) is 9.41. The van der Waals surface area contributed by atoms with Crippen LogP contribution in [0.15, 0.2) is 0 Å². The summed E-state index contributed by atoms with van der Waals surface area (Å²) in [6, 6.07) is -2.70. The third-order valence-corrected chi connectivity index (χ3v) is 6.31. The van der Waals surface area contributed by atoms with Gasteiger partial charge in [-0.15, -0.1) is 0 Å². The molecule has 4 N–H and O–H groups in total. The number of carbonyl (C=O) groups excluding carboxylic acids is 3. The van der Waals surface area contributed by atoms with Crippen LogP contribution in [0.25, 0.3) is 0 Å². The second-order valence-electron chi connectivity index (χ2n) is 8.25. The molecule has 2 saturated heterocycles. The first-order chi connectivity index (χ1) is 14.3. The molecule has 10 heteroatoms. The zero-order chi connectivity index (χ0) is 22.3. The van der Waals surface area contributed by atoms with E-state index >= 15 is 0 Å². The minimum Gasteiger partial charge on any atom is -0.480 e. The van der Waals surface area contributed by atoms with Gasteiger partial charge in [-0.1, -0.05) is 13.8 Å². The third-order valence-electron chi connectivity index (χ3n) is 5.67. The van der Waals surface area contributed by atoms with Crippen LogP contribution in [0.4, 0.5) is 0 Å². The topological polar surface area (TPSA) is 128 Å². The van der Waals surface area contributed by atoms with Crippen LogP contribution in [0.5, 0.6) is 0 Å². The lowest BCUT2D eigenvalue weighted by atomic mass is 10.0. The molecule has 2 rings (SSSR count). The monoisotopic (exact) mass is 442 g/mol. The van der Waals surface area contributed by atoms with Gasteiger partial charge in [0.2, 0.25) is 17.7 Å². The summed E-state index contributed by atoms with van der Waals surface area (Å²) < 4.78 is 0. The quantitative estimate of drug-likeness (QED) is 0.380. The van der Waals surface area contributed by atoms with Crippen molar-refractivity contribution in [1.29, 1.82) is 0 Å². The summed E-state index contributed by atoms with van der Waals surface area (Å²) >= 11 is 1.54. The molecule has 0 radical (unpaired) electrons. The molecule has 0 aromatic rings. The summed E-state index contributed by atoms with van der Waals surface area (Å²) in [7, 11) is 0. The van der Waals surface area contributed by atoms with Gasteiger partial charge in [-0.05, 0) is 56.6 Å². The van der Waals surface area contributed by atoms with Gasteiger partial charge in [-0.3, -0.25) is 14.4 Å². The number of nitrogens with one attached hydrogen (secondary N) is 3. The zero-order valence-electron chi connectivity index (χ0n) is 18.0. The van der Waals surface area contributed by atoms with Crippen molar-refractivity contribution >= 4 is 35.5 Å². The van der Waals surface area contributed by atoms with E-state index in [1.54, 1.807) is 30.5 Å². The molecule has 2 aliphatic heterocycles. The van der Waals surface area contributed by atoms with Crippen molar-refractivity contribution in [2.45, 2.75) is 70.1 Å². The smallest absolute Gasteiger partial charge is 0.326 e. The summed E-state index contributed by atoms with van der Waals surface area (Å²) in [4.78, 5) is 51.6. The normalized spacial score (nSPS) is 23.3. The highest BCUT2D eigenvalue weighted by molar-refractivity contribution is 7.98. The maximum atomic E-state index is 13.0. The number of carboxylic acid groups (broad SMARTS) is 1. The highest BCUT2D eigenvalue weighted by Crippen LogP contribution is 2.21. The fourth-order valence-corrected chi connectivity index (χ4v) is 4.41. The molecule has 4 unspecified atom stereocenters. The molecule has 170 valence electrons. The van der Waals surface area contributed by atoms with Crippen molar-refractivity contribution in [3.63, 3.8) is 0 Å². The van der Waals surface area contributed by atoms with Crippen LogP contribution in [0, 0.1) is 5.92 Å². The number of aliphatic carboxylic acids is 1. The Balaban J connectivity index is 2.05. The summed E-state index contributed by atoms with van der Waals surface area (Å²) in [5.41, 5.74) is 0. The Labute approximate surface area is 182 Å². The number of thioether (sulfide) groups is 1. The number of carbonyl (C=O) groups is 4. The van der Waals surface area contributed by atoms with Gasteiger partial charge in [0.1, 0.15) is 18.1 Å². The lowest BCUT2D eigenvalue weighted by Crippen LogP contribution is -2.57. The lowest BCUT2D eigenvalue weighted by molar-refractivity contribution is -0.144. The Hall–Kier alpha value is -1.81. The molecule has 0 aromatic heterocycles. The minimum atomic E-state index is -1.11. The van der Waals surface area contributed by atoms with Gasteiger partial charge in [0.25, 0.3) is 0 Å². The molecular weight excluding hydrogens is 408 g/mol. The molecule has 3 amide bonds. The maximum Gasteiger partial charge on any atom is 0.326 e. The molecule has 0 spiro atoms. The van der Waals surface area contributed by atoms with Crippen molar-refractivity contribution in [3.8, 4) is 0 Å². The minimum absolute atomic E-state index is 0.0546. The predicted octanol–water partition coefficient (Wildman–Crippen LogP) is 0.193. The van der Waals surface area contributed by atoms with Crippen LogP contribution in [0.3, 0.4) is 0 Å². The number of rotatable bonds is 10. The first-order valence-corrected chi connectivity index (χ1v) is 12.0. The molecule has 2 heterocycles. The van der Waals surface area contributed by atoms with Crippen LogP contribution in [-0.2, 0) is 19.2 Å². The standard InChI is InChI=1S/C20H34N4O5S/c1-12(2)16(20(28)29)23-17(25)13(8-11-30-3)22-18(26)15-7-5-10-24(15)19(27)14-6-4-9-21-14/h12-16,21H,4-11H2,1-3H3,(H,22,26)(H,23,25)(H,28,29). The number of likely N-dealkylation sites (tertiary alicyclic amines) is 1. The van der Waals surface area contributed by atoms with Crippen molar-refractivity contribution in [3.05, 3.63) is 0 Å². The van der Waals surface area contributed by atoms with E-state index in [-0.39, 0.29) is 23.8 Å². The largest absolute Gasteiger partial charge is 0.480 e. The zero-order valence-corrected chi connectivity index (χ0v) is 18.8. The summed E-state index contributed by atoms with van der Waals surface area (Å²) in [6.45, 7) is 4.77. The SMILES string of the molecule is CSCCC(NC(=O)C1CCCN1C(=O)C1CCCN1)C(=O)NC(C(=O)O)C(C)C. The molecule has 4 atom stereocenters. The van der Waals surface area contributed by atoms with Crippen molar-refractivity contribution < 1.29 is 24.3 Å². The number of amides is 3. The van der Waals surface area contributed by atoms with E-state index in [9.17, 15) is 24.3 Å². The van der Waals surface area contributed by atoms with Crippen LogP contribution in [-0.4, -0.2) is 83.0 Å². The third kappa shape index (κ3) is 6.34. The first-order valence-electron chi connectivity index (χ1n) is 10.6. The Morgan fingerprint density at radius 2 is 1.90 bits per heavy atom. The van der Waals surface area contributed by atoms with Crippen molar-refractivity contribution in [1.82, 2.24) is 20.9 Å². The van der Waals surface area contributed by atoms with E-state index in [1.165, 1.54) is 0 Å². The lowest BCUT2D eigenvalue weighted by Gasteiger charge is -2.29. The van der Waals surface area contributed by atoms with Gasteiger partial charge in [-0.25, -0.2) is 4.79 Å². The molecular formula is C20H34N4O5S. The molecule has 0 aromatic carbocycles. The molecule has 0 saturated carbocycles. The maximum absolute atomic E-state index is 13.0. The molecule has 2 aliphatic rings. The fraction of sp³-hybridized carbons (Fsp3) is 0.800. The van der Waals surface area contributed by atoms with Gasteiger partial charge >= 0.3 is 5.97 Å².